The molecule has 0 aliphatic rings. The largest absolute Gasteiger partial charge is 0.504 e. The maximum Gasteiger partial charge on any atom is 0.181 e. The summed E-state index contributed by atoms with van der Waals surface area (Å²) in [6.07, 6.45) is 3.26. The molecule has 0 radical (unpaired) electrons. The Morgan fingerprint density at radius 1 is 1.55 bits per heavy atom. The average Bonchev–Trinajstić information content (AvgIpc) is 2.35. The van der Waals surface area contributed by atoms with Crippen molar-refractivity contribution in [1.29, 1.82) is 0 Å². The van der Waals surface area contributed by atoms with Gasteiger partial charge in [0.15, 0.2) is 11.4 Å². The highest BCUT2D eigenvalue weighted by Crippen LogP contribution is 2.17. The van der Waals surface area contributed by atoms with Crippen LogP contribution in [-0.4, -0.2) is 14.5 Å². The van der Waals surface area contributed by atoms with Gasteiger partial charge in [-0.05, 0) is 12.1 Å². The van der Waals surface area contributed by atoms with Crippen molar-refractivity contribution in [1.82, 2.24) is 9.38 Å². The number of pyridine rings is 1. The minimum absolute atomic E-state index is 0.143. The van der Waals surface area contributed by atoms with E-state index in [0.29, 0.717) is 11.5 Å². The first-order valence-electron chi connectivity index (χ1n) is 3.19. The molecule has 0 aliphatic heterocycles. The number of fused-ring (bicyclic) bond motifs is 1. The van der Waals surface area contributed by atoms with Gasteiger partial charge in [-0.25, -0.2) is 4.98 Å². The third kappa shape index (κ3) is 0.724. The average molecular weight is 149 g/mol. The molecule has 0 aliphatic carbocycles. The quantitative estimate of drug-likeness (QED) is 0.577. The Morgan fingerprint density at radius 2 is 2.36 bits per heavy atom. The van der Waals surface area contributed by atoms with Crippen LogP contribution in [0.2, 0.25) is 0 Å². The molecule has 0 aromatic carbocycles. The van der Waals surface area contributed by atoms with E-state index in [-0.39, 0.29) is 5.75 Å². The molecular formula is C7H7N3O. The van der Waals surface area contributed by atoms with Gasteiger partial charge in [0.05, 0.1) is 6.20 Å². The van der Waals surface area contributed by atoms with Crippen molar-refractivity contribution >= 4 is 11.5 Å². The number of imidazole rings is 1. The van der Waals surface area contributed by atoms with Gasteiger partial charge in [0.25, 0.3) is 0 Å². The third-order valence-corrected chi connectivity index (χ3v) is 1.54. The Kier molecular flexibility index (Phi) is 1.03. The number of hydrogen-bond donors (Lipinski definition) is 2. The minimum atomic E-state index is 0.143. The number of aromatic nitrogens is 2. The van der Waals surface area contributed by atoms with Crippen molar-refractivity contribution in [2.45, 2.75) is 0 Å². The molecule has 0 fully saturated rings. The highest BCUT2D eigenvalue weighted by Gasteiger charge is 2.01. The second-order valence-electron chi connectivity index (χ2n) is 2.27. The molecule has 0 spiro atoms. The molecule has 3 N–H and O–H groups in total. The van der Waals surface area contributed by atoms with E-state index >= 15 is 0 Å². The number of nitrogen functional groups attached to an aromatic ring is 1. The van der Waals surface area contributed by atoms with E-state index in [9.17, 15) is 5.11 Å². The molecule has 4 nitrogen and oxygen atoms in total. The SMILES string of the molecule is Nc1cnc2c(O)cccn12. The predicted octanol–water partition coefficient (Wildman–Crippen LogP) is 0.622. The Balaban J connectivity index is 2.94. The van der Waals surface area contributed by atoms with Gasteiger partial charge in [-0.1, -0.05) is 0 Å². The Morgan fingerprint density at radius 3 is 3.09 bits per heavy atom. The van der Waals surface area contributed by atoms with E-state index in [1.807, 2.05) is 0 Å². The molecule has 2 rings (SSSR count). The van der Waals surface area contributed by atoms with E-state index in [4.69, 9.17) is 5.73 Å². The van der Waals surface area contributed by atoms with E-state index in [1.54, 1.807) is 22.7 Å². The molecule has 0 bridgehead atoms. The van der Waals surface area contributed by atoms with Crippen molar-refractivity contribution < 1.29 is 5.11 Å². The van der Waals surface area contributed by atoms with Crippen LogP contribution < -0.4 is 5.73 Å². The molecule has 2 aromatic rings. The first kappa shape index (κ1) is 6.03. The molecule has 11 heavy (non-hydrogen) atoms. The maximum atomic E-state index is 9.25. The van der Waals surface area contributed by atoms with Crippen LogP contribution in [0.1, 0.15) is 0 Å². The van der Waals surface area contributed by atoms with Gasteiger partial charge in [0.1, 0.15) is 5.82 Å². The third-order valence-electron chi connectivity index (χ3n) is 1.54. The molecule has 2 aromatic heterocycles. The van der Waals surface area contributed by atoms with Crippen molar-refractivity contribution in [2.75, 3.05) is 5.73 Å². The van der Waals surface area contributed by atoms with Crippen molar-refractivity contribution in [3.63, 3.8) is 0 Å². The van der Waals surface area contributed by atoms with Gasteiger partial charge < -0.3 is 10.8 Å². The highest BCUT2D eigenvalue weighted by molar-refractivity contribution is 5.57. The molecule has 4 heteroatoms. The Hall–Kier alpha value is -1.71. The van der Waals surface area contributed by atoms with Crippen molar-refractivity contribution in [2.24, 2.45) is 0 Å². The normalized spacial score (nSPS) is 10.5. The first-order valence-corrected chi connectivity index (χ1v) is 3.19. The molecule has 0 amide bonds. The number of aromatic hydroxyl groups is 1. The van der Waals surface area contributed by atoms with E-state index in [1.165, 1.54) is 6.20 Å². The van der Waals surface area contributed by atoms with Crippen LogP contribution in [0, 0.1) is 0 Å². The lowest BCUT2D eigenvalue weighted by Gasteiger charge is -1.95. The lowest BCUT2D eigenvalue weighted by molar-refractivity contribution is 0.477. The van der Waals surface area contributed by atoms with Crippen LogP contribution in [0.3, 0.4) is 0 Å². The van der Waals surface area contributed by atoms with E-state index in [0.717, 1.165) is 0 Å². The molecule has 0 atom stereocenters. The first-order chi connectivity index (χ1) is 5.29. The van der Waals surface area contributed by atoms with Gasteiger partial charge >= 0.3 is 0 Å². The minimum Gasteiger partial charge on any atom is -0.504 e. The highest BCUT2D eigenvalue weighted by atomic mass is 16.3. The summed E-state index contributed by atoms with van der Waals surface area (Å²) in [7, 11) is 0. The topological polar surface area (TPSA) is 63.5 Å². The van der Waals surface area contributed by atoms with Crippen LogP contribution in [0.15, 0.2) is 24.5 Å². The fourth-order valence-corrected chi connectivity index (χ4v) is 1.01. The summed E-state index contributed by atoms with van der Waals surface area (Å²) < 4.78 is 1.62. The lowest BCUT2D eigenvalue weighted by atomic mass is 10.4. The molecule has 0 unspecified atom stereocenters. The van der Waals surface area contributed by atoms with Gasteiger partial charge in [-0.15, -0.1) is 0 Å². The summed E-state index contributed by atoms with van der Waals surface area (Å²) in [5.41, 5.74) is 6.03. The molecule has 0 saturated carbocycles. The van der Waals surface area contributed by atoms with Gasteiger partial charge in [-0.3, -0.25) is 4.40 Å². The summed E-state index contributed by atoms with van der Waals surface area (Å²) in [6.45, 7) is 0. The van der Waals surface area contributed by atoms with Gasteiger partial charge in [-0.2, -0.15) is 0 Å². The number of hydrogen-bond acceptors (Lipinski definition) is 3. The monoisotopic (exact) mass is 149 g/mol. The predicted molar refractivity (Wildman–Crippen MR) is 41.3 cm³/mol. The Bertz CT molecular complexity index is 393. The number of nitrogens with zero attached hydrogens (tertiary/aromatic N) is 2. The van der Waals surface area contributed by atoms with Crippen LogP contribution in [-0.2, 0) is 0 Å². The maximum absolute atomic E-state index is 9.25. The van der Waals surface area contributed by atoms with Crippen molar-refractivity contribution in [3.05, 3.63) is 24.5 Å². The summed E-state index contributed by atoms with van der Waals surface area (Å²) in [5, 5.41) is 9.25. The lowest BCUT2D eigenvalue weighted by Crippen LogP contribution is -1.90. The smallest absolute Gasteiger partial charge is 0.181 e. The van der Waals surface area contributed by atoms with Crippen LogP contribution in [0.25, 0.3) is 5.65 Å². The Labute approximate surface area is 62.9 Å². The summed E-state index contributed by atoms with van der Waals surface area (Å²) in [5.74, 6) is 0.667. The molecular weight excluding hydrogens is 142 g/mol. The zero-order valence-corrected chi connectivity index (χ0v) is 5.73. The van der Waals surface area contributed by atoms with Crippen LogP contribution in [0.5, 0.6) is 5.75 Å². The van der Waals surface area contributed by atoms with E-state index < -0.39 is 0 Å². The number of rotatable bonds is 0. The molecule has 2 heterocycles. The second kappa shape index (κ2) is 1.88. The van der Waals surface area contributed by atoms with Gasteiger partial charge in [0, 0.05) is 6.20 Å². The fraction of sp³-hybridized carbons (Fsp3) is 0. The second-order valence-corrected chi connectivity index (χ2v) is 2.27. The number of anilines is 1. The standard InChI is InChI=1S/C7H7N3O/c8-6-4-9-7-5(11)2-1-3-10(6)7/h1-4,11H,8H2. The molecule has 0 saturated heterocycles. The number of nitrogens with two attached hydrogens (primary N) is 1. The fourth-order valence-electron chi connectivity index (χ4n) is 1.01. The van der Waals surface area contributed by atoms with Crippen LogP contribution in [0.4, 0.5) is 5.82 Å². The van der Waals surface area contributed by atoms with Crippen molar-refractivity contribution in [3.8, 4) is 5.75 Å². The van der Waals surface area contributed by atoms with E-state index in [2.05, 4.69) is 4.98 Å². The summed E-state index contributed by atoms with van der Waals surface area (Å²) >= 11 is 0. The van der Waals surface area contributed by atoms with Gasteiger partial charge in [0.2, 0.25) is 0 Å². The van der Waals surface area contributed by atoms with Crippen LogP contribution >= 0.6 is 0 Å². The molecule has 56 valence electrons. The zero-order valence-electron chi connectivity index (χ0n) is 5.73. The zero-order chi connectivity index (χ0) is 7.84. The summed E-state index contributed by atoms with van der Waals surface area (Å²) in [6, 6.07) is 3.28. The summed E-state index contributed by atoms with van der Waals surface area (Å²) in [4.78, 5) is 3.91.